The van der Waals surface area contributed by atoms with Crippen molar-refractivity contribution in [2.45, 2.75) is 31.6 Å². The van der Waals surface area contributed by atoms with Gasteiger partial charge in [-0.2, -0.15) is 0 Å². The van der Waals surface area contributed by atoms with Crippen LogP contribution >= 0.6 is 0 Å². The number of hydrogen-bond donors (Lipinski definition) is 1. The number of hydrogen-bond acceptors (Lipinski definition) is 3. The quantitative estimate of drug-likeness (QED) is 0.933. The van der Waals surface area contributed by atoms with Gasteiger partial charge in [-0.15, -0.1) is 0 Å². The molecule has 130 valence electrons. The molecule has 2 aromatic rings. The van der Waals surface area contributed by atoms with Crippen LogP contribution in [0.5, 0.6) is 5.75 Å². The first-order valence-electron chi connectivity index (χ1n) is 8.64. The van der Waals surface area contributed by atoms with Crippen LogP contribution in [0.1, 0.15) is 30.9 Å². The number of rotatable bonds is 4. The normalized spacial score (nSPS) is 16.4. The lowest BCUT2D eigenvalue weighted by atomic mass is 9.70. The van der Waals surface area contributed by atoms with Crippen LogP contribution in [-0.2, 0) is 21.4 Å². The lowest BCUT2D eigenvalue weighted by Crippen LogP contribution is -2.48. The monoisotopic (exact) mass is 337 g/mol. The average molecular weight is 337 g/mol. The molecule has 0 saturated carbocycles. The second kappa shape index (κ2) is 7.09. The fraction of sp³-hybridized carbons (Fsp3) is 0.333. The summed E-state index contributed by atoms with van der Waals surface area (Å²) >= 11 is 0. The number of para-hydroxylation sites is 1. The minimum Gasteiger partial charge on any atom is -0.508 e. The zero-order valence-corrected chi connectivity index (χ0v) is 14.4. The largest absolute Gasteiger partial charge is 0.508 e. The molecule has 1 aliphatic rings. The topological polar surface area (TPSA) is 57.6 Å². The van der Waals surface area contributed by atoms with Gasteiger partial charge in [0.1, 0.15) is 11.5 Å². The molecule has 0 radical (unpaired) electrons. The molecule has 3 rings (SSSR count). The summed E-state index contributed by atoms with van der Waals surface area (Å²) < 4.78 is 0. The molecule has 4 nitrogen and oxygen atoms in total. The molecule has 4 heteroatoms. The third-order valence-electron chi connectivity index (χ3n) is 5.30. The van der Waals surface area contributed by atoms with Gasteiger partial charge < -0.3 is 10.0 Å². The molecule has 0 unspecified atom stereocenters. The Kier molecular flexibility index (Phi) is 4.88. The van der Waals surface area contributed by atoms with E-state index in [9.17, 15) is 14.7 Å². The van der Waals surface area contributed by atoms with Crippen molar-refractivity contribution in [1.82, 2.24) is 4.90 Å². The first kappa shape index (κ1) is 17.2. The molecule has 0 atom stereocenters. The minimum atomic E-state index is -0.493. The molecule has 1 amide bonds. The molecular formula is C21H23NO3. The molecular weight excluding hydrogens is 314 g/mol. The van der Waals surface area contributed by atoms with E-state index in [1.165, 1.54) is 0 Å². The maximum absolute atomic E-state index is 12.6. The second-order valence-corrected chi connectivity index (χ2v) is 6.69. The summed E-state index contributed by atoms with van der Waals surface area (Å²) in [7, 11) is 0. The summed E-state index contributed by atoms with van der Waals surface area (Å²) in [5.74, 6) is 0.299. The first-order chi connectivity index (χ1) is 12.0. The summed E-state index contributed by atoms with van der Waals surface area (Å²) in [5.41, 5.74) is 1.18. The highest BCUT2D eigenvalue weighted by molar-refractivity contribution is 5.88. The number of ketones is 1. The number of likely N-dealkylation sites (tertiary alicyclic amines) is 1. The molecule has 0 spiro atoms. The Morgan fingerprint density at radius 1 is 1.00 bits per heavy atom. The Morgan fingerprint density at radius 3 is 2.20 bits per heavy atom. The summed E-state index contributed by atoms with van der Waals surface area (Å²) in [4.78, 5) is 26.8. The van der Waals surface area contributed by atoms with Gasteiger partial charge in [0.15, 0.2) is 0 Å². The molecule has 1 saturated heterocycles. The number of phenolic OH excluding ortho intramolecular Hbond substituents is 1. The molecule has 1 N–H and O–H groups in total. The number of nitrogens with zero attached hydrogens (tertiary/aromatic N) is 1. The van der Waals surface area contributed by atoms with Crippen molar-refractivity contribution in [3.63, 3.8) is 0 Å². The lowest BCUT2D eigenvalue weighted by molar-refractivity contribution is -0.135. The predicted molar refractivity (Wildman–Crippen MR) is 96.4 cm³/mol. The van der Waals surface area contributed by atoms with Crippen molar-refractivity contribution in [3.05, 3.63) is 65.7 Å². The third kappa shape index (κ3) is 3.43. The standard InChI is InChI=1S/C21H23NO3/c1-16(23)21(18-8-3-2-4-9-18)11-13-22(14-12-21)20(25)15-17-7-5-6-10-19(17)24/h2-10,24H,11-15H2,1H3. The molecule has 2 aromatic carbocycles. The van der Waals surface area contributed by atoms with E-state index in [-0.39, 0.29) is 23.9 Å². The first-order valence-corrected chi connectivity index (χ1v) is 8.64. The highest BCUT2D eigenvalue weighted by Crippen LogP contribution is 2.36. The smallest absolute Gasteiger partial charge is 0.227 e. The summed E-state index contributed by atoms with van der Waals surface area (Å²) in [5, 5.41) is 9.85. The van der Waals surface area contributed by atoms with Gasteiger partial charge in [0.2, 0.25) is 5.91 Å². The van der Waals surface area contributed by atoms with Gasteiger partial charge in [-0.05, 0) is 31.4 Å². The summed E-state index contributed by atoms with van der Waals surface area (Å²) in [6.45, 7) is 2.76. The van der Waals surface area contributed by atoms with Gasteiger partial charge in [-0.25, -0.2) is 0 Å². The van der Waals surface area contributed by atoms with Gasteiger partial charge in [0.05, 0.1) is 11.8 Å². The van der Waals surface area contributed by atoms with Crippen molar-refractivity contribution >= 4 is 11.7 Å². The summed E-state index contributed by atoms with van der Waals surface area (Å²) in [6.07, 6.45) is 1.46. The van der Waals surface area contributed by atoms with Crippen molar-refractivity contribution in [2.75, 3.05) is 13.1 Å². The Bertz CT molecular complexity index is 762. The van der Waals surface area contributed by atoms with Gasteiger partial charge in [0.25, 0.3) is 0 Å². The Balaban J connectivity index is 1.71. The van der Waals surface area contributed by atoms with E-state index in [0.29, 0.717) is 31.5 Å². The van der Waals surface area contributed by atoms with Gasteiger partial charge in [-0.3, -0.25) is 9.59 Å². The fourth-order valence-electron chi connectivity index (χ4n) is 3.67. The molecule has 1 fully saturated rings. The molecule has 0 aliphatic carbocycles. The zero-order valence-electron chi connectivity index (χ0n) is 14.4. The summed E-state index contributed by atoms with van der Waals surface area (Å²) in [6, 6.07) is 16.8. The molecule has 1 heterocycles. The molecule has 25 heavy (non-hydrogen) atoms. The van der Waals surface area contributed by atoms with Crippen LogP contribution in [0.3, 0.4) is 0 Å². The number of carbonyl (C=O) groups excluding carboxylic acids is 2. The van der Waals surface area contributed by atoms with Crippen LogP contribution < -0.4 is 0 Å². The number of aromatic hydroxyl groups is 1. The number of amides is 1. The van der Waals surface area contributed by atoms with E-state index in [1.54, 1.807) is 30.0 Å². The number of benzene rings is 2. The van der Waals surface area contributed by atoms with Crippen molar-refractivity contribution < 1.29 is 14.7 Å². The van der Waals surface area contributed by atoms with Crippen LogP contribution in [0.25, 0.3) is 0 Å². The van der Waals surface area contributed by atoms with E-state index in [2.05, 4.69) is 0 Å². The average Bonchev–Trinajstić information content (AvgIpc) is 2.64. The molecule has 0 aromatic heterocycles. The van der Waals surface area contributed by atoms with Crippen LogP contribution in [0, 0.1) is 0 Å². The van der Waals surface area contributed by atoms with Crippen molar-refractivity contribution in [1.29, 1.82) is 0 Å². The van der Waals surface area contributed by atoms with E-state index >= 15 is 0 Å². The van der Waals surface area contributed by atoms with Gasteiger partial charge in [0, 0.05) is 18.7 Å². The SMILES string of the molecule is CC(=O)C1(c2ccccc2)CCN(C(=O)Cc2ccccc2O)CC1. The predicted octanol–water partition coefficient (Wildman–Crippen LogP) is 3.08. The Labute approximate surface area is 148 Å². The van der Waals surface area contributed by atoms with E-state index < -0.39 is 5.41 Å². The van der Waals surface area contributed by atoms with Crippen LogP contribution in [0.15, 0.2) is 54.6 Å². The van der Waals surface area contributed by atoms with Crippen LogP contribution in [0.2, 0.25) is 0 Å². The maximum Gasteiger partial charge on any atom is 0.227 e. The number of Topliss-reactive ketones (excluding diaryl/α,β-unsaturated/α-hetero) is 1. The maximum atomic E-state index is 12.6. The zero-order chi connectivity index (χ0) is 17.9. The van der Waals surface area contributed by atoms with E-state index in [1.807, 2.05) is 36.4 Å². The number of phenols is 1. The van der Waals surface area contributed by atoms with E-state index in [0.717, 1.165) is 5.56 Å². The Hall–Kier alpha value is -2.62. The van der Waals surface area contributed by atoms with Crippen molar-refractivity contribution in [2.24, 2.45) is 0 Å². The van der Waals surface area contributed by atoms with E-state index in [4.69, 9.17) is 0 Å². The highest BCUT2D eigenvalue weighted by atomic mass is 16.3. The van der Waals surface area contributed by atoms with Gasteiger partial charge in [-0.1, -0.05) is 48.5 Å². The van der Waals surface area contributed by atoms with Crippen LogP contribution in [0.4, 0.5) is 0 Å². The fourth-order valence-corrected chi connectivity index (χ4v) is 3.67. The third-order valence-corrected chi connectivity index (χ3v) is 5.30. The van der Waals surface area contributed by atoms with Gasteiger partial charge >= 0.3 is 0 Å². The molecule has 1 aliphatic heterocycles. The number of carbonyl (C=O) groups is 2. The lowest BCUT2D eigenvalue weighted by Gasteiger charge is -2.40. The minimum absolute atomic E-state index is 0.00767. The van der Waals surface area contributed by atoms with Crippen LogP contribution in [-0.4, -0.2) is 34.8 Å². The second-order valence-electron chi connectivity index (χ2n) is 6.69. The van der Waals surface area contributed by atoms with Crippen molar-refractivity contribution in [3.8, 4) is 5.75 Å². The Morgan fingerprint density at radius 2 is 1.60 bits per heavy atom. The number of piperidine rings is 1. The molecule has 0 bridgehead atoms. The highest BCUT2D eigenvalue weighted by Gasteiger charge is 2.41.